The van der Waals surface area contributed by atoms with E-state index in [1.807, 2.05) is 92.7 Å². The summed E-state index contributed by atoms with van der Waals surface area (Å²) in [5.41, 5.74) is 6.74. The molecular weight excluding hydrogens is 402 g/mol. The summed E-state index contributed by atoms with van der Waals surface area (Å²) in [4.78, 5) is 21.0. The Hall–Kier alpha value is -3.77. The number of ether oxygens (including phenoxy) is 2. The molecule has 0 aliphatic rings. The molecule has 166 valence electrons. The number of fused-ring (bicyclic) bond motifs is 1. The first kappa shape index (κ1) is 24.5. The van der Waals surface area contributed by atoms with Gasteiger partial charge in [-0.05, 0) is 56.4 Å². The van der Waals surface area contributed by atoms with Crippen molar-refractivity contribution in [3.63, 3.8) is 0 Å². The van der Waals surface area contributed by atoms with Gasteiger partial charge >= 0.3 is 5.97 Å². The zero-order valence-electron chi connectivity index (χ0n) is 18.9. The Kier molecular flexibility index (Phi) is 9.81. The molecule has 0 aliphatic heterocycles. The molecule has 0 spiro atoms. The van der Waals surface area contributed by atoms with E-state index in [0.717, 1.165) is 22.4 Å². The summed E-state index contributed by atoms with van der Waals surface area (Å²) in [6.07, 6.45) is 0. The Labute approximate surface area is 189 Å². The second-order valence-electron chi connectivity index (χ2n) is 6.07. The third kappa shape index (κ3) is 6.12. The van der Waals surface area contributed by atoms with Crippen LogP contribution in [0.25, 0.3) is 22.2 Å². The Bertz CT molecular complexity index is 1110. The SMILES string of the molecule is CC.CCOC(=O)c1nc(-c2ccc(Oc3ccccc3)cc2)c2ccccc2n1.CN. The molecule has 0 aliphatic carbocycles. The third-order valence-corrected chi connectivity index (χ3v) is 4.17. The maximum Gasteiger partial charge on any atom is 0.376 e. The van der Waals surface area contributed by atoms with Crippen molar-refractivity contribution < 1.29 is 14.3 Å². The molecule has 1 heterocycles. The number of esters is 1. The van der Waals surface area contributed by atoms with Gasteiger partial charge in [-0.3, -0.25) is 0 Å². The Morgan fingerprint density at radius 3 is 2.06 bits per heavy atom. The third-order valence-electron chi connectivity index (χ3n) is 4.17. The number of nitrogens with zero attached hydrogens (tertiary/aromatic N) is 2. The van der Waals surface area contributed by atoms with Gasteiger partial charge in [0.1, 0.15) is 11.5 Å². The minimum absolute atomic E-state index is 0.0557. The van der Waals surface area contributed by atoms with E-state index in [2.05, 4.69) is 15.7 Å². The molecule has 0 saturated heterocycles. The van der Waals surface area contributed by atoms with E-state index in [9.17, 15) is 4.79 Å². The average Bonchev–Trinajstić information content (AvgIpc) is 2.87. The summed E-state index contributed by atoms with van der Waals surface area (Å²) in [5.74, 6) is 1.02. The summed E-state index contributed by atoms with van der Waals surface area (Å²) in [7, 11) is 1.50. The van der Waals surface area contributed by atoms with Crippen LogP contribution in [-0.4, -0.2) is 29.6 Å². The zero-order valence-corrected chi connectivity index (χ0v) is 18.9. The predicted molar refractivity (Wildman–Crippen MR) is 129 cm³/mol. The largest absolute Gasteiger partial charge is 0.460 e. The topological polar surface area (TPSA) is 87.3 Å². The van der Waals surface area contributed by atoms with Crippen molar-refractivity contribution in [3.05, 3.63) is 84.7 Å². The maximum absolute atomic E-state index is 12.2. The summed E-state index contributed by atoms with van der Waals surface area (Å²) in [6, 6.07) is 24.8. The lowest BCUT2D eigenvalue weighted by Crippen LogP contribution is -2.10. The van der Waals surface area contributed by atoms with Gasteiger partial charge in [0.2, 0.25) is 5.82 Å². The van der Waals surface area contributed by atoms with Gasteiger partial charge in [-0.2, -0.15) is 0 Å². The number of aromatic nitrogens is 2. The molecule has 1 aromatic heterocycles. The molecule has 0 atom stereocenters. The molecule has 6 nitrogen and oxygen atoms in total. The highest BCUT2D eigenvalue weighted by molar-refractivity contribution is 5.96. The fourth-order valence-corrected chi connectivity index (χ4v) is 2.89. The van der Waals surface area contributed by atoms with E-state index < -0.39 is 5.97 Å². The molecule has 6 heteroatoms. The van der Waals surface area contributed by atoms with Gasteiger partial charge in [0.15, 0.2) is 0 Å². The monoisotopic (exact) mass is 431 g/mol. The smallest absolute Gasteiger partial charge is 0.376 e. The Balaban J connectivity index is 0.000000860. The van der Waals surface area contributed by atoms with Crippen LogP contribution in [0.15, 0.2) is 78.9 Å². The minimum atomic E-state index is -0.529. The minimum Gasteiger partial charge on any atom is -0.460 e. The first-order chi connectivity index (χ1) is 15.7. The van der Waals surface area contributed by atoms with Crippen LogP contribution in [0.1, 0.15) is 31.4 Å². The normalized spacial score (nSPS) is 9.66. The van der Waals surface area contributed by atoms with E-state index in [1.54, 1.807) is 6.92 Å². The highest BCUT2D eigenvalue weighted by atomic mass is 16.5. The summed E-state index contributed by atoms with van der Waals surface area (Å²) >= 11 is 0. The van der Waals surface area contributed by atoms with E-state index in [0.29, 0.717) is 11.2 Å². The summed E-state index contributed by atoms with van der Waals surface area (Å²) < 4.78 is 10.9. The highest BCUT2D eigenvalue weighted by Crippen LogP contribution is 2.29. The van der Waals surface area contributed by atoms with E-state index in [4.69, 9.17) is 9.47 Å². The van der Waals surface area contributed by atoms with Crippen molar-refractivity contribution in [2.45, 2.75) is 20.8 Å². The van der Waals surface area contributed by atoms with Gasteiger partial charge in [-0.1, -0.05) is 50.2 Å². The molecule has 0 radical (unpaired) electrons. The molecule has 2 N–H and O–H groups in total. The molecule has 0 bridgehead atoms. The van der Waals surface area contributed by atoms with Crippen molar-refractivity contribution in [1.82, 2.24) is 9.97 Å². The fourth-order valence-electron chi connectivity index (χ4n) is 2.89. The van der Waals surface area contributed by atoms with Crippen molar-refractivity contribution in [1.29, 1.82) is 0 Å². The van der Waals surface area contributed by atoms with E-state index in [1.165, 1.54) is 7.05 Å². The quantitative estimate of drug-likeness (QED) is 0.398. The van der Waals surface area contributed by atoms with Gasteiger partial charge in [0, 0.05) is 10.9 Å². The number of carbonyl (C=O) groups excluding carboxylic acids is 1. The molecule has 32 heavy (non-hydrogen) atoms. The van der Waals surface area contributed by atoms with Gasteiger partial charge in [0.05, 0.1) is 17.8 Å². The molecule has 3 aromatic carbocycles. The number of hydrogen-bond donors (Lipinski definition) is 1. The lowest BCUT2D eigenvalue weighted by atomic mass is 10.1. The second kappa shape index (κ2) is 12.8. The highest BCUT2D eigenvalue weighted by Gasteiger charge is 2.16. The molecule has 4 rings (SSSR count). The standard InChI is InChI=1S/C23H18N2O3.C2H6.CH5N/c1-2-27-23(26)22-24-20-11-7-6-10-19(20)21(25-22)16-12-14-18(15-13-16)28-17-8-4-3-5-9-17;2*1-2/h3-15H,2H2,1H3;1-2H3;2H2,1H3. The van der Waals surface area contributed by atoms with E-state index in [-0.39, 0.29) is 12.4 Å². The molecular formula is C26H29N3O3. The maximum atomic E-state index is 12.2. The van der Waals surface area contributed by atoms with Crippen LogP contribution >= 0.6 is 0 Å². The zero-order chi connectivity index (χ0) is 23.3. The van der Waals surface area contributed by atoms with Crippen LogP contribution in [0.2, 0.25) is 0 Å². The van der Waals surface area contributed by atoms with Gasteiger partial charge in [-0.25, -0.2) is 14.8 Å². The second-order valence-corrected chi connectivity index (χ2v) is 6.07. The van der Waals surface area contributed by atoms with Crippen molar-refractivity contribution in [3.8, 4) is 22.8 Å². The van der Waals surface area contributed by atoms with Gasteiger partial charge in [0.25, 0.3) is 0 Å². The molecule has 0 saturated carbocycles. The van der Waals surface area contributed by atoms with Crippen LogP contribution < -0.4 is 10.5 Å². The van der Waals surface area contributed by atoms with Gasteiger partial charge in [-0.15, -0.1) is 0 Å². The van der Waals surface area contributed by atoms with Crippen LogP contribution in [0.5, 0.6) is 11.5 Å². The van der Waals surface area contributed by atoms with Gasteiger partial charge < -0.3 is 15.2 Å². The first-order valence-electron chi connectivity index (χ1n) is 10.6. The summed E-state index contributed by atoms with van der Waals surface area (Å²) in [5, 5.41) is 0.868. The molecule has 0 fully saturated rings. The van der Waals surface area contributed by atoms with E-state index >= 15 is 0 Å². The Morgan fingerprint density at radius 1 is 0.812 bits per heavy atom. The van der Waals surface area contributed by atoms with Crippen LogP contribution in [0.4, 0.5) is 0 Å². The van der Waals surface area contributed by atoms with Crippen LogP contribution in [-0.2, 0) is 4.74 Å². The average molecular weight is 432 g/mol. The first-order valence-corrected chi connectivity index (χ1v) is 10.6. The van der Waals surface area contributed by atoms with Crippen molar-refractivity contribution >= 4 is 16.9 Å². The number of para-hydroxylation sites is 2. The Morgan fingerprint density at radius 2 is 1.41 bits per heavy atom. The molecule has 4 aromatic rings. The van der Waals surface area contributed by atoms with Crippen molar-refractivity contribution in [2.75, 3.05) is 13.7 Å². The lowest BCUT2D eigenvalue weighted by molar-refractivity contribution is 0.0512. The van der Waals surface area contributed by atoms with Crippen LogP contribution in [0, 0.1) is 0 Å². The molecule has 0 amide bonds. The number of benzene rings is 3. The van der Waals surface area contributed by atoms with Crippen molar-refractivity contribution in [2.24, 2.45) is 5.73 Å². The fraction of sp³-hybridized carbons (Fsp3) is 0.192. The van der Waals surface area contributed by atoms with Crippen LogP contribution in [0.3, 0.4) is 0 Å². The molecule has 0 unspecified atom stereocenters. The number of hydrogen-bond acceptors (Lipinski definition) is 6. The number of carbonyl (C=O) groups is 1. The number of rotatable bonds is 5. The lowest BCUT2D eigenvalue weighted by Gasteiger charge is -2.10. The predicted octanol–water partition coefficient (Wildman–Crippen LogP) is 5.87. The number of nitrogens with two attached hydrogens (primary N) is 1. The summed E-state index contributed by atoms with van der Waals surface area (Å²) in [6.45, 7) is 6.03.